The summed E-state index contributed by atoms with van der Waals surface area (Å²) in [6, 6.07) is 25.4. The van der Waals surface area contributed by atoms with E-state index in [9.17, 15) is 0 Å². The van der Waals surface area contributed by atoms with E-state index in [1.807, 2.05) is 6.20 Å². The smallest absolute Gasteiger partial charge is 0.0536 e. The van der Waals surface area contributed by atoms with Crippen molar-refractivity contribution in [3.05, 3.63) is 89.6 Å². The molecule has 0 spiro atoms. The van der Waals surface area contributed by atoms with E-state index in [1.54, 1.807) is 13.8 Å². The van der Waals surface area contributed by atoms with Gasteiger partial charge in [-0.15, -0.1) is 29.3 Å². The average Bonchev–Trinajstić information content (AvgIpc) is 3.05. The number of aliphatic hydroxyl groups is 2. The first-order valence-corrected chi connectivity index (χ1v) is 12.8. The summed E-state index contributed by atoms with van der Waals surface area (Å²) in [6.07, 6.45) is 1.66. The summed E-state index contributed by atoms with van der Waals surface area (Å²) in [6.45, 7) is 14.7. The molecule has 197 valence electrons. The van der Waals surface area contributed by atoms with Gasteiger partial charge in [-0.05, 0) is 70.3 Å². The van der Waals surface area contributed by atoms with Gasteiger partial charge in [0.2, 0.25) is 0 Å². The molecule has 0 saturated carbocycles. The molecule has 1 aliphatic rings. The minimum absolute atomic E-state index is 0. The number of rotatable bonds is 3. The second-order valence-corrected chi connectivity index (χ2v) is 11.6. The van der Waals surface area contributed by atoms with Crippen LogP contribution in [0.2, 0.25) is 0 Å². The molecule has 2 atom stereocenters. The van der Waals surface area contributed by atoms with Crippen molar-refractivity contribution in [2.24, 2.45) is 0 Å². The molecule has 4 aromatic rings. The maximum Gasteiger partial charge on any atom is 0.0536 e. The van der Waals surface area contributed by atoms with Crippen LogP contribution in [0.4, 0.5) is 0 Å². The van der Waals surface area contributed by atoms with Crippen molar-refractivity contribution in [3.8, 4) is 22.4 Å². The topological polar surface area (TPSA) is 53.4 Å². The van der Waals surface area contributed by atoms with Crippen molar-refractivity contribution in [3.63, 3.8) is 0 Å². The van der Waals surface area contributed by atoms with Gasteiger partial charge < -0.3 is 15.2 Å². The number of pyridine rings is 1. The third kappa shape index (κ3) is 5.89. The van der Waals surface area contributed by atoms with Crippen molar-refractivity contribution in [1.29, 1.82) is 0 Å². The van der Waals surface area contributed by atoms with E-state index in [4.69, 9.17) is 15.2 Å². The van der Waals surface area contributed by atoms with E-state index >= 15 is 0 Å². The van der Waals surface area contributed by atoms with Gasteiger partial charge in [0.1, 0.15) is 0 Å². The Morgan fingerprint density at radius 3 is 2.16 bits per heavy atom. The molecule has 2 N–H and O–H groups in total. The molecule has 3 aromatic carbocycles. The molecule has 1 heterocycles. The second kappa shape index (κ2) is 11.2. The predicted octanol–water partition coefficient (Wildman–Crippen LogP) is 7.44. The SMILES string of the molecule is CC(C)(C)c1ccnc(-c2[c-]ccc3c2C(C)(C)c2c-3ccc3ccccc23)c1.CC(O)CC(C)O.[Ir]. The van der Waals surface area contributed by atoms with Crippen LogP contribution in [0.15, 0.2) is 66.9 Å². The van der Waals surface area contributed by atoms with Crippen molar-refractivity contribution < 1.29 is 30.3 Å². The number of aromatic nitrogens is 1. The molecule has 3 nitrogen and oxygen atoms in total. The zero-order valence-electron chi connectivity index (χ0n) is 22.9. The Morgan fingerprint density at radius 1 is 0.892 bits per heavy atom. The van der Waals surface area contributed by atoms with Crippen molar-refractivity contribution in [2.75, 3.05) is 0 Å². The Bertz CT molecular complexity index is 1380. The average molecular weight is 673 g/mol. The van der Waals surface area contributed by atoms with E-state index in [0.29, 0.717) is 6.42 Å². The molecule has 4 heteroatoms. The maximum atomic E-state index is 8.56. The molecule has 37 heavy (non-hydrogen) atoms. The van der Waals surface area contributed by atoms with E-state index in [0.717, 1.165) is 11.3 Å². The molecule has 5 rings (SSSR count). The molecule has 1 radical (unpaired) electrons. The van der Waals surface area contributed by atoms with Crippen LogP contribution in [0.25, 0.3) is 33.2 Å². The van der Waals surface area contributed by atoms with Crippen LogP contribution in [-0.4, -0.2) is 27.4 Å². The van der Waals surface area contributed by atoms with Crippen LogP contribution in [0.3, 0.4) is 0 Å². The van der Waals surface area contributed by atoms with E-state index in [-0.39, 0.29) is 43.1 Å². The summed E-state index contributed by atoms with van der Waals surface area (Å²) < 4.78 is 0. The van der Waals surface area contributed by atoms with Gasteiger partial charge in [0, 0.05) is 26.3 Å². The van der Waals surface area contributed by atoms with Crippen LogP contribution >= 0.6 is 0 Å². The van der Waals surface area contributed by atoms with Crippen LogP contribution < -0.4 is 0 Å². The van der Waals surface area contributed by atoms with E-state index < -0.39 is 0 Å². The second-order valence-electron chi connectivity index (χ2n) is 11.6. The Kier molecular flexibility index (Phi) is 8.82. The number of nitrogens with zero attached hydrogens (tertiary/aromatic N) is 1. The van der Waals surface area contributed by atoms with Gasteiger partial charge in [0.25, 0.3) is 0 Å². The first-order valence-electron chi connectivity index (χ1n) is 12.8. The fourth-order valence-electron chi connectivity index (χ4n) is 5.40. The Morgan fingerprint density at radius 2 is 1.54 bits per heavy atom. The van der Waals surface area contributed by atoms with E-state index in [1.165, 1.54) is 38.6 Å². The fraction of sp³-hybridized carbons (Fsp3) is 0.364. The Balaban J connectivity index is 0.000000422. The normalized spacial score (nSPS) is 15.1. The Labute approximate surface area is 235 Å². The van der Waals surface area contributed by atoms with E-state index in [2.05, 4.69) is 101 Å². The fourth-order valence-corrected chi connectivity index (χ4v) is 5.40. The summed E-state index contributed by atoms with van der Waals surface area (Å²) in [5.74, 6) is 0. The standard InChI is InChI=1S/C28H26N.C5H12O2.Ir/c1-27(2,3)19-15-16-29-24(17-19)23-12-8-11-21-22-14-13-18-9-6-7-10-20(18)25(22)28(4,5)26(21)23;1-4(6)3-5(2)7;/h6-11,13-17H,1-5H3;4-7H,3H2,1-2H3;/q-1;;. The number of hydrogen-bond acceptors (Lipinski definition) is 3. The largest absolute Gasteiger partial charge is 0.393 e. The number of benzene rings is 3. The van der Waals surface area contributed by atoms with Gasteiger partial charge in [-0.2, -0.15) is 0 Å². The molecule has 0 amide bonds. The quantitative estimate of drug-likeness (QED) is 0.223. The molecule has 0 fully saturated rings. The third-order valence-electron chi connectivity index (χ3n) is 7.03. The van der Waals surface area contributed by atoms with Crippen LogP contribution in [0, 0.1) is 6.07 Å². The van der Waals surface area contributed by atoms with Gasteiger partial charge >= 0.3 is 0 Å². The number of aliphatic hydroxyl groups excluding tert-OH is 2. The van der Waals surface area contributed by atoms with Crippen molar-refractivity contribution in [1.82, 2.24) is 4.98 Å². The third-order valence-corrected chi connectivity index (χ3v) is 7.03. The number of hydrogen-bond donors (Lipinski definition) is 2. The zero-order chi connectivity index (χ0) is 26.3. The summed E-state index contributed by atoms with van der Waals surface area (Å²) in [5, 5.41) is 19.8. The molecule has 2 unspecified atom stereocenters. The van der Waals surface area contributed by atoms with Crippen molar-refractivity contribution >= 4 is 10.8 Å². The van der Waals surface area contributed by atoms with Gasteiger partial charge in [-0.1, -0.05) is 82.6 Å². The minimum atomic E-state index is -0.375. The Hall–Kier alpha value is -2.36. The first kappa shape index (κ1) is 29.2. The van der Waals surface area contributed by atoms with Crippen molar-refractivity contribution in [2.45, 2.75) is 77.9 Å². The van der Waals surface area contributed by atoms with Gasteiger partial charge in [0.15, 0.2) is 0 Å². The molecular formula is C33H38IrNO2-. The number of fused-ring (bicyclic) bond motifs is 5. The minimum Gasteiger partial charge on any atom is -0.393 e. The molecule has 0 saturated heterocycles. The summed E-state index contributed by atoms with van der Waals surface area (Å²) in [5.41, 5.74) is 8.81. The van der Waals surface area contributed by atoms with Crippen LogP contribution in [-0.2, 0) is 30.9 Å². The summed E-state index contributed by atoms with van der Waals surface area (Å²) in [7, 11) is 0. The van der Waals surface area contributed by atoms with Crippen LogP contribution in [0.5, 0.6) is 0 Å². The molecule has 1 aromatic heterocycles. The molecule has 1 aliphatic carbocycles. The van der Waals surface area contributed by atoms with Gasteiger partial charge in [-0.25, -0.2) is 0 Å². The van der Waals surface area contributed by atoms with Crippen LogP contribution in [0.1, 0.15) is 71.6 Å². The summed E-state index contributed by atoms with van der Waals surface area (Å²) in [4.78, 5) is 4.76. The maximum absolute atomic E-state index is 8.56. The monoisotopic (exact) mass is 673 g/mol. The first-order chi connectivity index (χ1) is 16.9. The summed E-state index contributed by atoms with van der Waals surface area (Å²) >= 11 is 0. The predicted molar refractivity (Wildman–Crippen MR) is 150 cm³/mol. The van der Waals surface area contributed by atoms with Gasteiger partial charge in [0.05, 0.1) is 12.2 Å². The molecule has 0 aliphatic heterocycles. The molecule has 0 bridgehead atoms. The molecular weight excluding hydrogens is 635 g/mol. The van der Waals surface area contributed by atoms with Gasteiger partial charge in [-0.3, -0.25) is 0 Å². The zero-order valence-corrected chi connectivity index (χ0v) is 25.3.